The summed E-state index contributed by atoms with van der Waals surface area (Å²) in [4.78, 5) is 24.7. The van der Waals surface area contributed by atoms with Gasteiger partial charge >= 0.3 is 0 Å². The van der Waals surface area contributed by atoms with Crippen molar-refractivity contribution in [2.75, 3.05) is 5.32 Å². The zero-order valence-electron chi connectivity index (χ0n) is 14.2. The van der Waals surface area contributed by atoms with E-state index in [1.165, 1.54) is 18.4 Å². The molecule has 1 aromatic heterocycles. The number of aryl methyl sites for hydroxylation is 2. The summed E-state index contributed by atoms with van der Waals surface area (Å²) in [5.41, 5.74) is 3.62. The molecule has 0 saturated carbocycles. The number of para-hydroxylation sites is 2. The average Bonchev–Trinajstić information content (AvgIpc) is 2.63. The van der Waals surface area contributed by atoms with Crippen molar-refractivity contribution in [2.45, 2.75) is 20.3 Å². The highest BCUT2D eigenvalue weighted by Crippen LogP contribution is 2.21. The SMILES string of the molecule is CCc1cccc(C)c1NC(=O)/C=C/c1coc2ccccc2c1=O. The molecule has 2 aromatic carbocycles. The number of rotatable bonds is 4. The fourth-order valence-corrected chi connectivity index (χ4v) is 2.74. The van der Waals surface area contributed by atoms with E-state index in [4.69, 9.17) is 4.42 Å². The van der Waals surface area contributed by atoms with Crippen molar-refractivity contribution < 1.29 is 9.21 Å². The third-order valence-electron chi connectivity index (χ3n) is 4.11. The first-order valence-corrected chi connectivity index (χ1v) is 8.18. The van der Waals surface area contributed by atoms with E-state index in [1.54, 1.807) is 18.2 Å². The summed E-state index contributed by atoms with van der Waals surface area (Å²) in [6.07, 6.45) is 5.04. The molecule has 126 valence electrons. The summed E-state index contributed by atoms with van der Waals surface area (Å²) in [6, 6.07) is 13.0. The van der Waals surface area contributed by atoms with Crippen LogP contribution in [0.1, 0.15) is 23.6 Å². The van der Waals surface area contributed by atoms with Crippen LogP contribution in [0.2, 0.25) is 0 Å². The van der Waals surface area contributed by atoms with Crippen LogP contribution < -0.4 is 10.7 Å². The zero-order valence-corrected chi connectivity index (χ0v) is 14.2. The first kappa shape index (κ1) is 16.7. The monoisotopic (exact) mass is 333 g/mol. The number of hydrogen-bond donors (Lipinski definition) is 1. The van der Waals surface area contributed by atoms with Crippen molar-refractivity contribution in [3.05, 3.63) is 81.7 Å². The van der Waals surface area contributed by atoms with Crippen LogP contribution in [0.4, 0.5) is 5.69 Å². The van der Waals surface area contributed by atoms with E-state index < -0.39 is 0 Å². The summed E-state index contributed by atoms with van der Waals surface area (Å²) >= 11 is 0. The summed E-state index contributed by atoms with van der Waals surface area (Å²) in [5, 5.41) is 3.40. The fourth-order valence-electron chi connectivity index (χ4n) is 2.74. The van der Waals surface area contributed by atoms with Gasteiger partial charge in [0.25, 0.3) is 0 Å². The molecule has 0 fully saturated rings. The third kappa shape index (κ3) is 3.53. The van der Waals surface area contributed by atoms with Gasteiger partial charge in [-0.25, -0.2) is 0 Å². The molecule has 0 aliphatic carbocycles. The minimum absolute atomic E-state index is 0.156. The molecule has 0 atom stereocenters. The van der Waals surface area contributed by atoms with Gasteiger partial charge in [-0.15, -0.1) is 0 Å². The average molecular weight is 333 g/mol. The Morgan fingerprint density at radius 2 is 1.96 bits per heavy atom. The minimum atomic E-state index is -0.281. The number of anilines is 1. The predicted octanol–water partition coefficient (Wildman–Crippen LogP) is 4.32. The normalized spacial score (nSPS) is 11.1. The Labute approximate surface area is 145 Å². The van der Waals surface area contributed by atoms with Crippen LogP contribution in [0.5, 0.6) is 0 Å². The van der Waals surface area contributed by atoms with E-state index in [-0.39, 0.29) is 11.3 Å². The number of hydrogen-bond acceptors (Lipinski definition) is 3. The summed E-state index contributed by atoms with van der Waals surface area (Å²) < 4.78 is 5.45. The van der Waals surface area contributed by atoms with Gasteiger partial charge < -0.3 is 9.73 Å². The molecule has 4 nitrogen and oxygen atoms in total. The Kier molecular flexibility index (Phi) is 4.80. The maximum atomic E-state index is 12.4. The molecule has 1 amide bonds. The molecule has 25 heavy (non-hydrogen) atoms. The molecule has 0 saturated heterocycles. The van der Waals surface area contributed by atoms with Gasteiger partial charge in [0.15, 0.2) is 5.43 Å². The van der Waals surface area contributed by atoms with Gasteiger partial charge in [0.1, 0.15) is 11.8 Å². The van der Waals surface area contributed by atoms with Gasteiger partial charge in [0.05, 0.1) is 10.9 Å². The van der Waals surface area contributed by atoms with E-state index in [0.717, 1.165) is 23.2 Å². The number of amides is 1. The first-order chi connectivity index (χ1) is 12.1. The van der Waals surface area contributed by atoms with E-state index in [0.29, 0.717) is 16.5 Å². The molecule has 0 aliphatic heterocycles. The number of carbonyl (C=O) groups is 1. The minimum Gasteiger partial charge on any atom is -0.463 e. The molecule has 0 aliphatic rings. The van der Waals surface area contributed by atoms with E-state index in [1.807, 2.05) is 38.1 Å². The van der Waals surface area contributed by atoms with E-state index in [9.17, 15) is 9.59 Å². The lowest BCUT2D eigenvalue weighted by Gasteiger charge is -2.11. The zero-order chi connectivity index (χ0) is 17.8. The summed E-state index contributed by atoms with van der Waals surface area (Å²) in [5.74, 6) is -0.281. The van der Waals surface area contributed by atoms with Crippen molar-refractivity contribution in [1.82, 2.24) is 0 Å². The van der Waals surface area contributed by atoms with Crippen LogP contribution in [0.15, 0.2) is 64.0 Å². The van der Waals surface area contributed by atoms with Crippen molar-refractivity contribution in [2.24, 2.45) is 0 Å². The lowest BCUT2D eigenvalue weighted by atomic mass is 10.1. The maximum Gasteiger partial charge on any atom is 0.248 e. The number of carbonyl (C=O) groups excluding carboxylic acids is 1. The van der Waals surface area contributed by atoms with Crippen LogP contribution in [-0.4, -0.2) is 5.91 Å². The molecule has 3 aromatic rings. The second-order valence-electron chi connectivity index (χ2n) is 5.80. The molecular formula is C21H19NO3. The number of benzene rings is 2. The molecule has 0 radical (unpaired) electrons. The summed E-state index contributed by atoms with van der Waals surface area (Å²) in [6.45, 7) is 4.00. The Hall–Kier alpha value is -3.14. The van der Waals surface area contributed by atoms with E-state index >= 15 is 0 Å². The van der Waals surface area contributed by atoms with Gasteiger partial charge in [-0.2, -0.15) is 0 Å². The lowest BCUT2D eigenvalue weighted by Crippen LogP contribution is -2.11. The van der Waals surface area contributed by atoms with Crippen LogP contribution in [-0.2, 0) is 11.2 Å². The topological polar surface area (TPSA) is 59.3 Å². The van der Waals surface area contributed by atoms with Crippen LogP contribution in [0.25, 0.3) is 17.0 Å². The third-order valence-corrected chi connectivity index (χ3v) is 4.11. The Bertz CT molecular complexity index is 1020. The Morgan fingerprint density at radius 1 is 1.16 bits per heavy atom. The van der Waals surface area contributed by atoms with Gasteiger partial charge in [0, 0.05) is 11.8 Å². The second-order valence-corrected chi connectivity index (χ2v) is 5.80. The molecule has 0 unspecified atom stereocenters. The molecule has 0 bridgehead atoms. The van der Waals surface area contributed by atoms with Crippen LogP contribution >= 0.6 is 0 Å². The van der Waals surface area contributed by atoms with Gasteiger partial charge in [0.2, 0.25) is 5.91 Å². The largest absolute Gasteiger partial charge is 0.463 e. The lowest BCUT2D eigenvalue weighted by molar-refractivity contribution is -0.111. The molecule has 1 N–H and O–H groups in total. The highest BCUT2D eigenvalue weighted by atomic mass is 16.3. The molecule has 3 rings (SSSR count). The molecular weight excluding hydrogens is 314 g/mol. The molecule has 1 heterocycles. The molecule has 4 heteroatoms. The van der Waals surface area contributed by atoms with Gasteiger partial charge in [-0.3, -0.25) is 9.59 Å². The van der Waals surface area contributed by atoms with Crippen molar-refractivity contribution in [1.29, 1.82) is 0 Å². The number of fused-ring (bicyclic) bond motifs is 1. The van der Waals surface area contributed by atoms with E-state index in [2.05, 4.69) is 5.32 Å². The smallest absolute Gasteiger partial charge is 0.248 e. The maximum absolute atomic E-state index is 12.4. The fraction of sp³-hybridized carbons (Fsp3) is 0.143. The van der Waals surface area contributed by atoms with Crippen molar-refractivity contribution in [3.8, 4) is 0 Å². The predicted molar refractivity (Wildman–Crippen MR) is 101 cm³/mol. The quantitative estimate of drug-likeness (QED) is 0.724. The van der Waals surface area contributed by atoms with Gasteiger partial charge in [-0.05, 0) is 42.7 Å². The second kappa shape index (κ2) is 7.18. The Morgan fingerprint density at radius 3 is 2.76 bits per heavy atom. The highest BCUT2D eigenvalue weighted by Gasteiger charge is 2.08. The summed E-state index contributed by atoms with van der Waals surface area (Å²) in [7, 11) is 0. The van der Waals surface area contributed by atoms with Crippen LogP contribution in [0, 0.1) is 6.92 Å². The van der Waals surface area contributed by atoms with Crippen LogP contribution in [0.3, 0.4) is 0 Å². The number of nitrogens with one attached hydrogen (secondary N) is 1. The van der Waals surface area contributed by atoms with Crippen molar-refractivity contribution >= 4 is 28.6 Å². The molecule has 0 spiro atoms. The first-order valence-electron chi connectivity index (χ1n) is 8.18. The highest BCUT2D eigenvalue weighted by molar-refractivity contribution is 6.03. The van der Waals surface area contributed by atoms with Gasteiger partial charge in [-0.1, -0.05) is 37.3 Å². The van der Waals surface area contributed by atoms with Crippen molar-refractivity contribution in [3.63, 3.8) is 0 Å². The standard InChI is InChI=1S/C21H19NO3/c1-3-15-8-6-7-14(2)20(15)22-19(23)12-11-16-13-25-18-10-5-4-9-17(18)21(16)24/h4-13H,3H2,1-2H3,(H,22,23)/b12-11+. The Balaban J connectivity index is 1.85.